The summed E-state index contributed by atoms with van der Waals surface area (Å²) in [7, 11) is 0. The molecule has 1 aromatic carbocycles. The van der Waals surface area contributed by atoms with Gasteiger partial charge >= 0.3 is 0 Å². The van der Waals surface area contributed by atoms with Crippen molar-refractivity contribution < 1.29 is 9.18 Å². The van der Waals surface area contributed by atoms with E-state index in [1.807, 2.05) is 0 Å². The second kappa shape index (κ2) is 5.94. The molecule has 1 aromatic heterocycles. The molecule has 0 bridgehead atoms. The fourth-order valence-corrected chi connectivity index (χ4v) is 2.41. The molecule has 0 aliphatic heterocycles. The van der Waals surface area contributed by atoms with Gasteiger partial charge < -0.3 is 5.32 Å². The number of carbonyl (C=O) groups excluding carboxylic acids is 1. The van der Waals surface area contributed by atoms with Crippen molar-refractivity contribution in [2.24, 2.45) is 0 Å². The fraction of sp³-hybridized carbons (Fsp3) is 0. The molecule has 0 aliphatic rings. The van der Waals surface area contributed by atoms with Crippen molar-refractivity contribution in [2.45, 2.75) is 0 Å². The first-order valence-corrected chi connectivity index (χ1v) is 6.89. The largest absolute Gasteiger partial charge is 0.304 e. The number of amides is 1. The van der Waals surface area contributed by atoms with Crippen LogP contribution in [0.5, 0.6) is 0 Å². The lowest BCUT2D eigenvalue weighted by atomic mass is 10.2. The third kappa shape index (κ3) is 3.29. The number of hydrogen-bond donors (Lipinski definition) is 1. The predicted octanol–water partition coefficient (Wildman–Crippen LogP) is 4.05. The summed E-state index contributed by atoms with van der Waals surface area (Å²) in [5.41, 5.74) is 0.0262. The van der Waals surface area contributed by atoms with Gasteiger partial charge in [0.25, 0.3) is 5.91 Å². The Morgan fingerprint density at radius 3 is 2.79 bits per heavy atom. The monoisotopic (exact) mass is 407 g/mol. The van der Waals surface area contributed by atoms with Gasteiger partial charge in [0.2, 0.25) is 0 Å². The van der Waals surface area contributed by atoms with Crippen LogP contribution >= 0.6 is 43.5 Å². The maximum Gasteiger partial charge on any atom is 0.258 e. The smallest absolute Gasteiger partial charge is 0.258 e. The van der Waals surface area contributed by atoms with Crippen LogP contribution in [0.2, 0.25) is 5.02 Å². The molecular weight excluding hydrogens is 404 g/mol. The van der Waals surface area contributed by atoms with Gasteiger partial charge in [0.05, 0.1) is 16.8 Å². The van der Waals surface area contributed by atoms with Gasteiger partial charge in [0.1, 0.15) is 15.0 Å². The molecule has 0 radical (unpaired) electrons. The Morgan fingerprint density at radius 1 is 1.37 bits per heavy atom. The lowest BCUT2D eigenvalue weighted by Crippen LogP contribution is -2.14. The summed E-state index contributed by atoms with van der Waals surface area (Å²) in [6, 6.07) is 3.99. The summed E-state index contributed by atoms with van der Waals surface area (Å²) >= 11 is 12.0. The van der Waals surface area contributed by atoms with Gasteiger partial charge in [-0.3, -0.25) is 4.79 Å². The minimum absolute atomic E-state index is 0.0262. The minimum atomic E-state index is -0.657. The number of anilines is 1. The maximum atomic E-state index is 13.3. The number of halogens is 4. The van der Waals surface area contributed by atoms with Gasteiger partial charge in [-0.2, -0.15) is 0 Å². The first kappa shape index (κ1) is 14.4. The highest BCUT2D eigenvalue weighted by molar-refractivity contribution is 9.11. The molecule has 8 heteroatoms. The number of rotatable bonds is 2. The number of carbonyl (C=O) groups is 1. The van der Waals surface area contributed by atoms with Crippen LogP contribution in [0.25, 0.3) is 0 Å². The van der Waals surface area contributed by atoms with E-state index < -0.39 is 11.7 Å². The van der Waals surface area contributed by atoms with E-state index in [-0.39, 0.29) is 16.4 Å². The first-order chi connectivity index (χ1) is 8.99. The van der Waals surface area contributed by atoms with Gasteiger partial charge in [-0.25, -0.2) is 14.4 Å². The van der Waals surface area contributed by atoms with Crippen LogP contribution in [-0.4, -0.2) is 15.9 Å². The number of nitrogens with one attached hydrogen (secondary N) is 1. The molecule has 0 unspecified atom stereocenters. The van der Waals surface area contributed by atoms with Crippen molar-refractivity contribution in [1.82, 2.24) is 9.97 Å². The Balaban J connectivity index is 2.28. The molecule has 0 saturated carbocycles. The Hall–Kier alpha value is -1.05. The molecule has 0 spiro atoms. The number of benzene rings is 1. The van der Waals surface area contributed by atoms with Gasteiger partial charge in [-0.15, -0.1) is 0 Å². The molecule has 98 valence electrons. The zero-order valence-corrected chi connectivity index (χ0v) is 13.1. The molecule has 0 atom stereocenters. The molecule has 19 heavy (non-hydrogen) atoms. The van der Waals surface area contributed by atoms with E-state index in [4.69, 9.17) is 11.6 Å². The van der Waals surface area contributed by atoms with Crippen LogP contribution in [0, 0.1) is 5.82 Å². The Morgan fingerprint density at radius 2 is 2.11 bits per heavy atom. The van der Waals surface area contributed by atoms with Gasteiger partial charge in [-0.05, 0) is 44.0 Å². The summed E-state index contributed by atoms with van der Waals surface area (Å²) in [4.78, 5) is 19.9. The highest BCUT2D eigenvalue weighted by Gasteiger charge is 2.15. The van der Waals surface area contributed by atoms with E-state index >= 15 is 0 Å². The summed E-state index contributed by atoms with van der Waals surface area (Å²) in [5.74, 6) is -1.01. The van der Waals surface area contributed by atoms with E-state index in [0.717, 1.165) is 0 Å². The number of aromatic nitrogens is 2. The van der Waals surface area contributed by atoms with E-state index in [2.05, 4.69) is 47.1 Å². The SMILES string of the molecule is O=C(Nc1ncc(Br)nc1Br)c1cccc(F)c1Cl. The van der Waals surface area contributed by atoms with Crippen LogP contribution in [0.3, 0.4) is 0 Å². The first-order valence-electron chi connectivity index (χ1n) is 4.92. The summed E-state index contributed by atoms with van der Waals surface area (Å²) < 4.78 is 14.1. The zero-order valence-electron chi connectivity index (χ0n) is 9.12. The third-order valence-corrected chi connectivity index (χ3v) is 3.45. The highest BCUT2D eigenvalue weighted by Crippen LogP contribution is 2.23. The molecule has 1 amide bonds. The standard InChI is InChI=1S/C11H5Br2ClFN3O/c12-7-4-16-10(9(13)17-7)18-11(19)5-2-1-3-6(15)8(5)14/h1-4H,(H,16,18,19). The Bertz CT molecular complexity index is 654. The number of nitrogens with zero attached hydrogens (tertiary/aromatic N) is 2. The molecule has 2 aromatic rings. The summed E-state index contributed by atoms with van der Waals surface area (Å²) in [5, 5.41) is 2.26. The summed E-state index contributed by atoms with van der Waals surface area (Å²) in [6.45, 7) is 0. The van der Waals surface area contributed by atoms with Gasteiger partial charge in [0.15, 0.2) is 5.82 Å². The van der Waals surface area contributed by atoms with E-state index in [9.17, 15) is 9.18 Å². The molecule has 0 saturated heterocycles. The molecule has 2 rings (SSSR count). The van der Waals surface area contributed by atoms with Crippen LogP contribution < -0.4 is 5.32 Å². The van der Waals surface area contributed by atoms with Gasteiger partial charge in [0, 0.05) is 0 Å². The van der Waals surface area contributed by atoms with Crippen LogP contribution in [0.4, 0.5) is 10.2 Å². The van der Waals surface area contributed by atoms with Gasteiger partial charge in [-0.1, -0.05) is 17.7 Å². The van der Waals surface area contributed by atoms with E-state index in [0.29, 0.717) is 9.21 Å². The normalized spacial score (nSPS) is 10.3. The van der Waals surface area contributed by atoms with Crippen molar-refractivity contribution in [3.05, 3.63) is 50.0 Å². The van der Waals surface area contributed by atoms with Crippen molar-refractivity contribution in [1.29, 1.82) is 0 Å². The van der Waals surface area contributed by atoms with Crippen molar-refractivity contribution >= 4 is 55.2 Å². The lowest BCUT2D eigenvalue weighted by molar-refractivity contribution is 0.102. The zero-order chi connectivity index (χ0) is 14.0. The van der Waals surface area contributed by atoms with Crippen LogP contribution in [0.15, 0.2) is 33.6 Å². The Kier molecular flexibility index (Phi) is 4.49. The second-order valence-electron chi connectivity index (χ2n) is 3.39. The fourth-order valence-electron chi connectivity index (χ4n) is 1.28. The maximum absolute atomic E-state index is 13.3. The quantitative estimate of drug-likeness (QED) is 0.814. The van der Waals surface area contributed by atoms with Crippen molar-refractivity contribution in [3.8, 4) is 0 Å². The Labute approximate surface area is 129 Å². The minimum Gasteiger partial charge on any atom is -0.304 e. The van der Waals surface area contributed by atoms with E-state index in [1.165, 1.54) is 24.4 Å². The van der Waals surface area contributed by atoms with Crippen LogP contribution in [0.1, 0.15) is 10.4 Å². The predicted molar refractivity (Wildman–Crippen MR) is 76.8 cm³/mol. The van der Waals surface area contributed by atoms with Crippen molar-refractivity contribution in [3.63, 3.8) is 0 Å². The molecule has 1 heterocycles. The second-order valence-corrected chi connectivity index (χ2v) is 5.33. The molecule has 4 nitrogen and oxygen atoms in total. The van der Waals surface area contributed by atoms with Crippen LogP contribution in [-0.2, 0) is 0 Å². The average molecular weight is 409 g/mol. The number of hydrogen-bond acceptors (Lipinski definition) is 3. The molecule has 0 aliphatic carbocycles. The lowest BCUT2D eigenvalue weighted by Gasteiger charge is -2.07. The molecule has 0 fully saturated rings. The topological polar surface area (TPSA) is 54.9 Å². The third-order valence-electron chi connectivity index (χ3n) is 2.13. The van der Waals surface area contributed by atoms with E-state index in [1.54, 1.807) is 0 Å². The molecular formula is C11H5Br2ClFN3O. The summed E-state index contributed by atoms with van der Waals surface area (Å²) in [6.07, 6.45) is 1.42. The highest BCUT2D eigenvalue weighted by atomic mass is 79.9. The molecule has 1 N–H and O–H groups in total. The van der Waals surface area contributed by atoms with Crippen molar-refractivity contribution in [2.75, 3.05) is 5.32 Å². The average Bonchev–Trinajstić information content (AvgIpc) is 2.36.